The van der Waals surface area contributed by atoms with Gasteiger partial charge in [0.05, 0.1) is 7.11 Å². The highest BCUT2D eigenvalue weighted by atomic mass is 32.1. The van der Waals surface area contributed by atoms with Gasteiger partial charge >= 0.3 is 0 Å². The largest absolute Gasteiger partial charge is 0.497 e. The Bertz CT molecular complexity index is 1110. The summed E-state index contributed by atoms with van der Waals surface area (Å²) in [6.45, 7) is 7.91. The highest BCUT2D eigenvalue weighted by molar-refractivity contribution is 7.80. The molecule has 0 unspecified atom stereocenters. The first kappa shape index (κ1) is 22.2. The van der Waals surface area contributed by atoms with Crippen molar-refractivity contribution in [3.05, 3.63) is 71.0 Å². The normalized spacial score (nSPS) is 11.1. The van der Waals surface area contributed by atoms with E-state index in [-0.39, 0.29) is 0 Å². The summed E-state index contributed by atoms with van der Waals surface area (Å²) in [6, 6.07) is 15.5. The van der Waals surface area contributed by atoms with Crippen LogP contribution in [0.15, 0.2) is 53.5 Å². The molecule has 3 aromatic rings. The highest BCUT2D eigenvalue weighted by Crippen LogP contribution is 2.18. The Morgan fingerprint density at radius 2 is 1.65 bits per heavy atom. The molecular formula is C23H26N6OS. The quantitative estimate of drug-likeness (QED) is 0.303. The summed E-state index contributed by atoms with van der Waals surface area (Å²) in [6.07, 6.45) is 0. The lowest BCUT2D eigenvalue weighted by Gasteiger charge is -2.14. The van der Waals surface area contributed by atoms with Crippen molar-refractivity contribution in [2.75, 3.05) is 23.1 Å². The number of thiocarbonyl (C=S) groups is 1. The first-order valence-electron chi connectivity index (χ1n) is 9.79. The fraction of sp³-hybridized carbons (Fsp3) is 0.217. The van der Waals surface area contributed by atoms with Crippen LogP contribution >= 0.6 is 12.2 Å². The third kappa shape index (κ3) is 6.48. The average molecular weight is 435 g/mol. The Kier molecular flexibility index (Phi) is 7.15. The topological polar surface area (TPSA) is 83.5 Å². The molecule has 0 radical (unpaired) electrons. The summed E-state index contributed by atoms with van der Waals surface area (Å²) in [5.41, 5.74) is 5.67. The van der Waals surface area contributed by atoms with E-state index in [0.717, 1.165) is 34.1 Å². The number of aliphatic imine (C=N–C) groups is 1. The molecule has 7 nitrogen and oxygen atoms in total. The van der Waals surface area contributed by atoms with Crippen molar-refractivity contribution >= 4 is 40.6 Å². The molecule has 160 valence electrons. The molecule has 0 spiro atoms. The molecular weight excluding hydrogens is 408 g/mol. The minimum Gasteiger partial charge on any atom is -0.497 e. The van der Waals surface area contributed by atoms with Crippen LogP contribution in [0, 0.1) is 27.7 Å². The number of guanidine groups is 1. The van der Waals surface area contributed by atoms with Gasteiger partial charge in [0.15, 0.2) is 0 Å². The van der Waals surface area contributed by atoms with E-state index in [2.05, 4.69) is 43.9 Å². The Morgan fingerprint density at radius 1 is 0.903 bits per heavy atom. The first-order chi connectivity index (χ1) is 14.8. The van der Waals surface area contributed by atoms with E-state index in [9.17, 15) is 0 Å². The van der Waals surface area contributed by atoms with Crippen LogP contribution in [0.1, 0.15) is 22.5 Å². The second-order valence-corrected chi connectivity index (χ2v) is 7.55. The van der Waals surface area contributed by atoms with Crippen LogP contribution in [0.3, 0.4) is 0 Å². The molecule has 0 fully saturated rings. The number of nitrogens with one attached hydrogen (secondary N) is 3. The van der Waals surface area contributed by atoms with Gasteiger partial charge in [-0.15, -0.1) is 0 Å². The number of aromatic nitrogens is 2. The molecule has 1 heterocycles. The van der Waals surface area contributed by atoms with Gasteiger partial charge in [-0.25, -0.2) is 9.97 Å². The van der Waals surface area contributed by atoms with E-state index in [4.69, 9.17) is 17.0 Å². The Balaban J connectivity index is 1.88. The molecule has 0 saturated heterocycles. The van der Waals surface area contributed by atoms with Gasteiger partial charge < -0.3 is 15.4 Å². The van der Waals surface area contributed by atoms with Crippen molar-refractivity contribution in [2.45, 2.75) is 27.7 Å². The molecule has 0 atom stereocenters. The van der Waals surface area contributed by atoms with Crippen molar-refractivity contribution in [3.63, 3.8) is 0 Å². The smallest absolute Gasteiger partial charge is 0.229 e. The van der Waals surface area contributed by atoms with Crippen molar-refractivity contribution in [1.82, 2.24) is 9.97 Å². The average Bonchev–Trinajstić information content (AvgIpc) is 2.69. The molecule has 2 aromatic carbocycles. The third-order valence-corrected chi connectivity index (χ3v) is 4.58. The fourth-order valence-corrected chi connectivity index (χ4v) is 3.21. The van der Waals surface area contributed by atoms with Gasteiger partial charge in [-0.1, -0.05) is 23.8 Å². The minimum atomic E-state index is 0.300. The van der Waals surface area contributed by atoms with E-state index in [1.165, 1.54) is 5.56 Å². The zero-order valence-electron chi connectivity index (χ0n) is 18.3. The van der Waals surface area contributed by atoms with E-state index in [1.54, 1.807) is 7.11 Å². The Labute approximate surface area is 188 Å². The predicted molar refractivity (Wildman–Crippen MR) is 131 cm³/mol. The second-order valence-electron chi connectivity index (χ2n) is 7.17. The van der Waals surface area contributed by atoms with Crippen LogP contribution < -0.4 is 20.7 Å². The molecule has 31 heavy (non-hydrogen) atoms. The van der Waals surface area contributed by atoms with Gasteiger partial charge in [-0.05, 0) is 69.7 Å². The molecule has 0 saturated carbocycles. The fourth-order valence-electron chi connectivity index (χ4n) is 3.01. The van der Waals surface area contributed by atoms with Crippen LogP contribution in [-0.4, -0.2) is 28.1 Å². The zero-order valence-corrected chi connectivity index (χ0v) is 19.1. The molecule has 0 amide bonds. The van der Waals surface area contributed by atoms with Crippen LogP contribution in [0.25, 0.3) is 0 Å². The summed E-state index contributed by atoms with van der Waals surface area (Å²) in [4.78, 5) is 13.4. The van der Waals surface area contributed by atoms with Crippen LogP contribution in [0.5, 0.6) is 5.75 Å². The van der Waals surface area contributed by atoms with E-state index >= 15 is 0 Å². The van der Waals surface area contributed by atoms with Gasteiger partial charge in [-0.2, -0.15) is 4.99 Å². The van der Waals surface area contributed by atoms with Gasteiger partial charge in [0.2, 0.25) is 17.0 Å². The van der Waals surface area contributed by atoms with Gasteiger partial charge in [-0.3, -0.25) is 5.32 Å². The number of methoxy groups -OCH3 is 1. The van der Waals surface area contributed by atoms with Crippen LogP contribution in [0.2, 0.25) is 0 Å². The van der Waals surface area contributed by atoms with Crippen molar-refractivity contribution in [3.8, 4) is 5.75 Å². The van der Waals surface area contributed by atoms with Gasteiger partial charge in [0.1, 0.15) is 5.75 Å². The summed E-state index contributed by atoms with van der Waals surface area (Å²) in [5.74, 6) is 1.55. The molecule has 0 aliphatic heterocycles. The van der Waals surface area contributed by atoms with E-state index in [0.29, 0.717) is 17.0 Å². The molecule has 8 heteroatoms. The van der Waals surface area contributed by atoms with Crippen LogP contribution in [0.4, 0.5) is 17.3 Å². The monoisotopic (exact) mass is 434 g/mol. The molecule has 0 aliphatic carbocycles. The maximum atomic E-state index is 5.49. The van der Waals surface area contributed by atoms with Crippen molar-refractivity contribution in [1.29, 1.82) is 0 Å². The Hall–Kier alpha value is -3.52. The van der Waals surface area contributed by atoms with Gasteiger partial charge in [0, 0.05) is 28.8 Å². The van der Waals surface area contributed by atoms with Crippen molar-refractivity contribution in [2.24, 2.45) is 4.99 Å². The standard InChI is InChI=1S/C23H26N6OS/c1-14-9-10-20(15(2)11-14)27-23(31)29-22(26-18-7-6-8-19(13-18)30-5)28-21-24-16(3)12-17(4)25-21/h6-13H,1-5H3,(H3,24,25,26,27,28,29,31). The lowest BCUT2D eigenvalue weighted by Crippen LogP contribution is -2.26. The number of aryl methyl sites for hydroxylation is 4. The lowest BCUT2D eigenvalue weighted by molar-refractivity contribution is 0.415. The molecule has 0 bridgehead atoms. The first-order valence-corrected chi connectivity index (χ1v) is 10.2. The maximum absolute atomic E-state index is 5.49. The third-order valence-electron chi connectivity index (χ3n) is 4.38. The summed E-state index contributed by atoms with van der Waals surface area (Å²) in [7, 11) is 1.62. The Morgan fingerprint density at radius 3 is 2.32 bits per heavy atom. The maximum Gasteiger partial charge on any atom is 0.229 e. The zero-order chi connectivity index (χ0) is 22.4. The predicted octanol–water partition coefficient (Wildman–Crippen LogP) is 5.00. The number of hydrogen-bond donors (Lipinski definition) is 3. The highest BCUT2D eigenvalue weighted by Gasteiger charge is 2.09. The SMILES string of the molecule is COc1cccc(N/C(=N\C(=S)Nc2ccc(C)cc2C)Nc2nc(C)cc(C)n2)c1. The molecule has 3 rings (SSSR count). The summed E-state index contributed by atoms with van der Waals surface area (Å²) in [5, 5.41) is 9.85. The number of ether oxygens (including phenoxy) is 1. The molecule has 1 aromatic heterocycles. The lowest BCUT2D eigenvalue weighted by atomic mass is 10.1. The van der Waals surface area contributed by atoms with Gasteiger partial charge in [0.25, 0.3) is 0 Å². The number of rotatable bonds is 4. The summed E-state index contributed by atoms with van der Waals surface area (Å²) < 4.78 is 5.31. The molecule has 0 aliphatic rings. The van der Waals surface area contributed by atoms with E-state index < -0.39 is 0 Å². The number of anilines is 3. The van der Waals surface area contributed by atoms with E-state index in [1.807, 2.05) is 63.2 Å². The molecule has 3 N–H and O–H groups in total. The number of hydrogen-bond acceptors (Lipinski definition) is 4. The number of benzene rings is 2. The minimum absolute atomic E-state index is 0.300. The van der Waals surface area contributed by atoms with Crippen LogP contribution in [-0.2, 0) is 0 Å². The second kappa shape index (κ2) is 9.99. The van der Waals surface area contributed by atoms with Crippen molar-refractivity contribution < 1.29 is 4.74 Å². The number of nitrogens with zero attached hydrogens (tertiary/aromatic N) is 3. The summed E-state index contributed by atoms with van der Waals surface area (Å²) >= 11 is 5.49.